The Morgan fingerprint density at radius 1 is 1.14 bits per heavy atom. The molecule has 0 atom stereocenters. The van der Waals surface area contributed by atoms with Crippen LogP contribution in [0.4, 0.5) is 5.69 Å². The van der Waals surface area contributed by atoms with Crippen LogP contribution in [-0.4, -0.2) is 21.5 Å². The Labute approximate surface area is 121 Å². The zero-order chi connectivity index (χ0) is 15.4. The molecule has 0 saturated carbocycles. The van der Waals surface area contributed by atoms with Crippen molar-refractivity contribution in [3.05, 3.63) is 58.0 Å². The second kappa shape index (κ2) is 6.13. The number of hydrogen-bond acceptors (Lipinski definition) is 4. The fourth-order valence-electron chi connectivity index (χ4n) is 1.78. The van der Waals surface area contributed by atoms with E-state index in [-0.39, 0.29) is 17.0 Å². The Morgan fingerprint density at radius 2 is 1.81 bits per heavy atom. The number of carbonyl (C=O) groups excluding carboxylic acids is 2. The number of benzene rings is 1. The molecule has 2 rings (SSSR count). The van der Waals surface area contributed by atoms with Crippen LogP contribution >= 0.6 is 0 Å². The first-order valence-electron chi connectivity index (χ1n) is 6.51. The molecule has 1 aromatic carbocycles. The van der Waals surface area contributed by atoms with E-state index >= 15 is 0 Å². The number of carbonyl (C=O) groups is 2. The number of Topliss-reactive ketones (excluding diaryl/α,β-unsaturated/α-hetero) is 1. The second-order valence-corrected chi connectivity index (χ2v) is 4.46. The van der Waals surface area contributed by atoms with Crippen molar-refractivity contribution >= 4 is 17.4 Å². The third kappa shape index (κ3) is 3.42. The van der Waals surface area contributed by atoms with Gasteiger partial charge in [0.15, 0.2) is 5.78 Å². The number of rotatable bonds is 4. The first-order chi connectivity index (χ1) is 10.0. The van der Waals surface area contributed by atoms with E-state index in [1.165, 1.54) is 23.7 Å². The van der Waals surface area contributed by atoms with Crippen molar-refractivity contribution in [2.75, 3.05) is 5.32 Å². The highest BCUT2D eigenvalue weighted by Crippen LogP contribution is 2.11. The predicted molar refractivity (Wildman–Crippen MR) is 78.6 cm³/mol. The lowest BCUT2D eigenvalue weighted by Gasteiger charge is -2.06. The summed E-state index contributed by atoms with van der Waals surface area (Å²) in [6.45, 7) is 3.65. The van der Waals surface area contributed by atoms with Crippen LogP contribution in [0.15, 0.2) is 41.2 Å². The Kier molecular flexibility index (Phi) is 4.27. The van der Waals surface area contributed by atoms with E-state index in [2.05, 4.69) is 10.4 Å². The van der Waals surface area contributed by atoms with Gasteiger partial charge in [0.1, 0.15) is 5.69 Å². The fraction of sp³-hybridized carbons (Fsp3) is 0.200. The highest BCUT2D eigenvalue weighted by atomic mass is 16.2. The van der Waals surface area contributed by atoms with Gasteiger partial charge in [0, 0.05) is 23.9 Å². The predicted octanol–water partition coefficient (Wildman–Crippen LogP) is 1.72. The SMILES string of the molecule is CCn1nc(C(=O)Nc2ccc(C(C)=O)cc2)ccc1=O. The van der Waals surface area contributed by atoms with E-state index in [0.717, 1.165) is 0 Å². The molecule has 0 unspecified atom stereocenters. The van der Waals surface area contributed by atoms with Gasteiger partial charge in [0.05, 0.1) is 0 Å². The summed E-state index contributed by atoms with van der Waals surface area (Å²) in [6, 6.07) is 9.25. The minimum Gasteiger partial charge on any atom is -0.321 e. The summed E-state index contributed by atoms with van der Waals surface area (Å²) >= 11 is 0. The number of amides is 1. The van der Waals surface area contributed by atoms with Gasteiger partial charge in [-0.2, -0.15) is 5.10 Å². The maximum absolute atomic E-state index is 12.1. The summed E-state index contributed by atoms with van der Waals surface area (Å²) in [4.78, 5) is 34.7. The molecule has 0 radical (unpaired) electrons. The van der Waals surface area contributed by atoms with Gasteiger partial charge in [-0.25, -0.2) is 4.68 Å². The van der Waals surface area contributed by atoms with Crippen LogP contribution in [0.1, 0.15) is 34.7 Å². The number of anilines is 1. The highest BCUT2D eigenvalue weighted by Gasteiger charge is 2.09. The summed E-state index contributed by atoms with van der Waals surface area (Å²) < 4.78 is 1.22. The Morgan fingerprint density at radius 3 is 2.38 bits per heavy atom. The number of ketones is 1. The smallest absolute Gasteiger partial charge is 0.276 e. The van der Waals surface area contributed by atoms with E-state index in [1.807, 2.05) is 0 Å². The van der Waals surface area contributed by atoms with Gasteiger partial charge in [0.25, 0.3) is 11.5 Å². The van der Waals surface area contributed by atoms with Crippen molar-refractivity contribution in [3.63, 3.8) is 0 Å². The van der Waals surface area contributed by atoms with Crippen LogP contribution in [0, 0.1) is 0 Å². The summed E-state index contributed by atoms with van der Waals surface area (Å²) in [7, 11) is 0. The topological polar surface area (TPSA) is 81.1 Å². The number of hydrogen-bond donors (Lipinski definition) is 1. The average Bonchev–Trinajstić information content (AvgIpc) is 2.48. The summed E-state index contributed by atoms with van der Waals surface area (Å²) in [5.74, 6) is -0.447. The molecule has 0 aliphatic heterocycles. The quantitative estimate of drug-likeness (QED) is 0.867. The van der Waals surface area contributed by atoms with Gasteiger partial charge in [-0.1, -0.05) is 0 Å². The van der Waals surface area contributed by atoms with Crippen molar-refractivity contribution in [2.45, 2.75) is 20.4 Å². The maximum atomic E-state index is 12.1. The molecule has 21 heavy (non-hydrogen) atoms. The van der Waals surface area contributed by atoms with Crippen LogP contribution in [0.25, 0.3) is 0 Å². The molecule has 0 spiro atoms. The molecule has 6 heteroatoms. The third-order valence-corrected chi connectivity index (χ3v) is 2.95. The van der Waals surface area contributed by atoms with Gasteiger partial charge in [-0.3, -0.25) is 14.4 Å². The van der Waals surface area contributed by atoms with Crippen LogP contribution in [0.5, 0.6) is 0 Å². The van der Waals surface area contributed by atoms with Crippen LogP contribution in [-0.2, 0) is 6.54 Å². The number of nitrogens with zero attached hydrogens (tertiary/aromatic N) is 2. The Balaban J connectivity index is 2.17. The molecular weight excluding hydrogens is 270 g/mol. The molecule has 0 aliphatic rings. The van der Waals surface area contributed by atoms with Crippen LogP contribution in [0.3, 0.4) is 0 Å². The first kappa shape index (κ1) is 14.6. The van der Waals surface area contributed by atoms with E-state index < -0.39 is 5.91 Å². The normalized spacial score (nSPS) is 10.2. The molecule has 108 valence electrons. The molecule has 1 N–H and O–H groups in total. The van der Waals surface area contributed by atoms with Gasteiger partial charge in [-0.15, -0.1) is 0 Å². The molecule has 0 bridgehead atoms. The van der Waals surface area contributed by atoms with Gasteiger partial charge < -0.3 is 5.32 Å². The average molecular weight is 285 g/mol. The fourth-order valence-corrected chi connectivity index (χ4v) is 1.78. The minimum absolute atomic E-state index is 0.0374. The van der Waals surface area contributed by atoms with Crippen molar-refractivity contribution in [3.8, 4) is 0 Å². The first-order valence-corrected chi connectivity index (χ1v) is 6.51. The van der Waals surface area contributed by atoms with E-state index in [9.17, 15) is 14.4 Å². The summed E-state index contributed by atoms with van der Waals surface area (Å²) in [6.07, 6.45) is 0. The zero-order valence-corrected chi connectivity index (χ0v) is 11.8. The van der Waals surface area contributed by atoms with Crippen molar-refractivity contribution < 1.29 is 9.59 Å². The lowest BCUT2D eigenvalue weighted by Crippen LogP contribution is -2.25. The molecule has 1 amide bonds. The van der Waals surface area contributed by atoms with Crippen molar-refractivity contribution in [1.29, 1.82) is 0 Å². The van der Waals surface area contributed by atoms with Crippen molar-refractivity contribution in [2.24, 2.45) is 0 Å². The van der Waals surface area contributed by atoms with Crippen molar-refractivity contribution in [1.82, 2.24) is 9.78 Å². The zero-order valence-electron chi connectivity index (χ0n) is 11.8. The summed E-state index contributed by atoms with van der Waals surface area (Å²) in [5, 5.41) is 6.64. The van der Waals surface area contributed by atoms with Gasteiger partial charge in [-0.05, 0) is 44.2 Å². The minimum atomic E-state index is -0.409. The largest absolute Gasteiger partial charge is 0.321 e. The van der Waals surface area contributed by atoms with E-state index in [1.54, 1.807) is 31.2 Å². The summed E-state index contributed by atoms with van der Waals surface area (Å²) in [5.41, 5.74) is 1.04. The number of nitrogens with one attached hydrogen (secondary N) is 1. The van der Waals surface area contributed by atoms with Gasteiger partial charge >= 0.3 is 0 Å². The van der Waals surface area contributed by atoms with Crippen LogP contribution in [0.2, 0.25) is 0 Å². The maximum Gasteiger partial charge on any atom is 0.276 e. The molecule has 2 aromatic rings. The highest BCUT2D eigenvalue weighted by molar-refractivity contribution is 6.03. The molecular formula is C15H15N3O3. The van der Waals surface area contributed by atoms with Gasteiger partial charge in [0.2, 0.25) is 0 Å². The molecule has 0 saturated heterocycles. The molecule has 6 nitrogen and oxygen atoms in total. The molecule has 1 aromatic heterocycles. The Bertz CT molecular complexity index is 733. The number of aromatic nitrogens is 2. The third-order valence-electron chi connectivity index (χ3n) is 2.95. The Hall–Kier alpha value is -2.76. The lowest BCUT2D eigenvalue weighted by molar-refractivity contribution is 0.101. The van der Waals surface area contributed by atoms with Crippen LogP contribution < -0.4 is 10.9 Å². The molecule has 1 heterocycles. The van der Waals surface area contributed by atoms with E-state index in [4.69, 9.17) is 0 Å². The molecule has 0 fully saturated rings. The monoisotopic (exact) mass is 285 g/mol. The van der Waals surface area contributed by atoms with E-state index in [0.29, 0.717) is 17.8 Å². The standard InChI is InChI=1S/C15H15N3O3/c1-3-18-14(20)9-8-13(17-18)15(21)16-12-6-4-11(5-7-12)10(2)19/h4-9H,3H2,1-2H3,(H,16,21). The number of aryl methyl sites for hydroxylation is 1. The molecule has 0 aliphatic carbocycles. The lowest BCUT2D eigenvalue weighted by atomic mass is 10.1. The second-order valence-electron chi connectivity index (χ2n) is 4.46.